The zero-order valence-corrected chi connectivity index (χ0v) is 9.57. The lowest BCUT2D eigenvalue weighted by Gasteiger charge is -2.26. The van der Waals surface area contributed by atoms with E-state index in [4.69, 9.17) is 9.47 Å². The molecular weight excluding hydrogens is 204 g/mol. The van der Waals surface area contributed by atoms with Crippen molar-refractivity contribution < 1.29 is 19.7 Å². The highest BCUT2D eigenvalue weighted by Gasteiger charge is 2.44. The average Bonchev–Trinajstić information content (AvgIpc) is 2.30. The first-order valence-electron chi connectivity index (χ1n) is 4.65. The fourth-order valence-electron chi connectivity index (χ4n) is 1.31. The fraction of sp³-hybridized carbons (Fsp3) is 1.00. The Balaban J connectivity index is 2.57. The van der Waals surface area contributed by atoms with Crippen molar-refractivity contribution in [3.05, 3.63) is 0 Å². The Kier molecular flexibility index (Phi) is 3.82. The number of hydrogen-bond donors (Lipinski definition) is 3. The third-order valence-electron chi connectivity index (χ3n) is 1.97. The first kappa shape index (κ1) is 12.3. The monoisotopic (exact) mass is 222 g/mol. The molecule has 0 unspecified atom stereocenters. The Bertz CT molecular complexity index is 192. The molecule has 2 N–H and O–H groups in total. The van der Waals surface area contributed by atoms with Crippen molar-refractivity contribution in [2.24, 2.45) is 0 Å². The summed E-state index contributed by atoms with van der Waals surface area (Å²) in [4.78, 5) is 0. The zero-order chi connectivity index (χ0) is 10.9. The van der Waals surface area contributed by atoms with E-state index >= 15 is 0 Å². The van der Waals surface area contributed by atoms with Gasteiger partial charge in [-0.15, -0.1) is 0 Å². The highest BCUT2D eigenvalue weighted by atomic mass is 32.1. The van der Waals surface area contributed by atoms with Crippen LogP contribution in [-0.4, -0.2) is 46.2 Å². The molecule has 1 rings (SSSR count). The van der Waals surface area contributed by atoms with Gasteiger partial charge in [-0.1, -0.05) is 0 Å². The molecule has 0 saturated carbocycles. The fourth-order valence-corrected chi connectivity index (χ4v) is 1.61. The minimum atomic E-state index is -0.994. The van der Waals surface area contributed by atoms with E-state index in [1.54, 1.807) is 0 Å². The van der Waals surface area contributed by atoms with Gasteiger partial charge >= 0.3 is 0 Å². The van der Waals surface area contributed by atoms with Crippen molar-refractivity contribution in [1.29, 1.82) is 0 Å². The standard InChI is InChI=1S/C9H18O4S/c1-9(2,3)13-8-7(11)6(10)5(4-14)12-8/h5-8,10-11,14H,4H2,1-3H3/t5-,6-,7-,8+/m1/s1. The molecule has 0 radical (unpaired) electrons. The zero-order valence-electron chi connectivity index (χ0n) is 8.67. The summed E-state index contributed by atoms with van der Waals surface area (Å²) in [7, 11) is 0. The summed E-state index contributed by atoms with van der Waals surface area (Å²) in [6, 6.07) is 0. The lowest BCUT2D eigenvalue weighted by molar-refractivity contribution is -0.210. The van der Waals surface area contributed by atoms with Gasteiger partial charge in [-0.05, 0) is 20.8 Å². The van der Waals surface area contributed by atoms with Crippen molar-refractivity contribution in [3.8, 4) is 0 Å². The van der Waals surface area contributed by atoms with Crippen LogP contribution in [0.4, 0.5) is 0 Å². The topological polar surface area (TPSA) is 58.9 Å². The maximum absolute atomic E-state index is 9.59. The maximum Gasteiger partial charge on any atom is 0.187 e. The van der Waals surface area contributed by atoms with E-state index in [1.807, 2.05) is 20.8 Å². The van der Waals surface area contributed by atoms with Gasteiger partial charge in [0.1, 0.15) is 12.2 Å². The van der Waals surface area contributed by atoms with Gasteiger partial charge in [0, 0.05) is 5.75 Å². The Morgan fingerprint density at radius 3 is 2.21 bits per heavy atom. The largest absolute Gasteiger partial charge is 0.387 e. The van der Waals surface area contributed by atoms with Gasteiger partial charge in [-0.25, -0.2) is 0 Å². The Morgan fingerprint density at radius 2 is 1.86 bits per heavy atom. The SMILES string of the molecule is CC(C)(C)O[C@@H]1O[C@H](CS)[C@@H](O)[C@H]1O. The maximum atomic E-state index is 9.59. The molecule has 0 aromatic heterocycles. The molecule has 1 aliphatic heterocycles. The first-order valence-corrected chi connectivity index (χ1v) is 5.28. The van der Waals surface area contributed by atoms with Crippen LogP contribution in [0.1, 0.15) is 20.8 Å². The van der Waals surface area contributed by atoms with Crippen LogP contribution < -0.4 is 0 Å². The second kappa shape index (κ2) is 4.37. The molecule has 4 nitrogen and oxygen atoms in total. The van der Waals surface area contributed by atoms with Gasteiger partial charge in [-0.3, -0.25) is 0 Å². The Morgan fingerprint density at radius 1 is 1.29 bits per heavy atom. The van der Waals surface area contributed by atoms with E-state index in [1.165, 1.54) is 0 Å². The van der Waals surface area contributed by atoms with Crippen LogP contribution in [0.3, 0.4) is 0 Å². The molecule has 1 aliphatic rings. The van der Waals surface area contributed by atoms with E-state index < -0.39 is 30.2 Å². The second-order valence-electron chi connectivity index (χ2n) is 4.44. The van der Waals surface area contributed by atoms with Crippen molar-refractivity contribution in [2.75, 3.05) is 5.75 Å². The molecule has 1 saturated heterocycles. The van der Waals surface area contributed by atoms with E-state index in [0.717, 1.165) is 0 Å². The third-order valence-corrected chi connectivity index (χ3v) is 2.33. The van der Waals surface area contributed by atoms with Crippen LogP contribution in [0.15, 0.2) is 0 Å². The molecule has 0 amide bonds. The van der Waals surface area contributed by atoms with Gasteiger partial charge < -0.3 is 19.7 Å². The van der Waals surface area contributed by atoms with Gasteiger partial charge in [-0.2, -0.15) is 12.6 Å². The summed E-state index contributed by atoms with van der Waals surface area (Å²) in [6.45, 7) is 5.59. The van der Waals surface area contributed by atoms with Gasteiger partial charge in [0.15, 0.2) is 6.29 Å². The molecule has 1 fully saturated rings. The molecule has 5 heteroatoms. The highest BCUT2D eigenvalue weighted by molar-refractivity contribution is 7.80. The molecule has 0 bridgehead atoms. The van der Waals surface area contributed by atoms with Gasteiger partial charge in [0.25, 0.3) is 0 Å². The van der Waals surface area contributed by atoms with Crippen LogP contribution in [-0.2, 0) is 9.47 Å². The first-order chi connectivity index (χ1) is 6.35. The lowest BCUT2D eigenvalue weighted by atomic mass is 10.1. The minimum absolute atomic E-state index is 0.363. The van der Waals surface area contributed by atoms with Crippen molar-refractivity contribution >= 4 is 12.6 Å². The summed E-state index contributed by atoms with van der Waals surface area (Å²) < 4.78 is 10.8. The predicted molar refractivity (Wildman–Crippen MR) is 55.4 cm³/mol. The predicted octanol–water partition coefficient (Wildman–Crippen LogP) is 0.178. The summed E-state index contributed by atoms with van der Waals surface area (Å²) in [5.41, 5.74) is -0.406. The van der Waals surface area contributed by atoms with Crippen LogP contribution in [0.5, 0.6) is 0 Å². The van der Waals surface area contributed by atoms with Crippen LogP contribution >= 0.6 is 12.6 Å². The molecule has 0 aliphatic carbocycles. The summed E-state index contributed by atoms with van der Waals surface area (Å²) in [6.07, 6.45) is -3.13. The smallest absolute Gasteiger partial charge is 0.187 e. The van der Waals surface area contributed by atoms with E-state index in [2.05, 4.69) is 12.6 Å². The van der Waals surface area contributed by atoms with Crippen molar-refractivity contribution in [2.45, 2.75) is 51.0 Å². The van der Waals surface area contributed by atoms with Crippen LogP contribution in [0, 0.1) is 0 Å². The molecule has 0 aromatic rings. The minimum Gasteiger partial charge on any atom is -0.387 e. The van der Waals surface area contributed by atoms with Crippen molar-refractivity contribution in [3.63, 3.8) is 0 Å². The second-order valence-corrected chi connectivity index (χ2v) is 4.80. The summed E-state index contributed by atoms with van der Waals surface area (Å²) in [5, 5.41) is 19.1. The van der Waals surface area contributed by atoms with E-state index in [-0.39, 0.29) is 0 Å². The summed E-state index contributed by atoms with van der Waals surface area (Å²) in [5.74, 6) is 0.363. The highest BCUT2D eigenvalue weighted by Crippen LogP contribution is 2.26. The number of ether oxygens (including phenoxy) is 2. The van der Waals surface area contributed by atoms with Gasteiger partial charge in [0.05, 0.1) is 11.7 Å². The molecule has 0 spiro atoms. The van der Waals surface area contributed by atoms with E-state index in [9.17, 15) is 10.2 Å². The van der Waals surface area contributed by atoms with Crippen LogP contribution in [0.25, 0.3) is 0 Å². The molecule has 14 heavy (non-hydrogen) atoms. The Hall–Kier alpha value is 0.190. The van der Waals surface area contributed by atoms with E-state index in [0.29, 0.717) is 5.75 Å². The number of aliphatic hydroxyl groups is 2. The van der Waals surface area contributed by atoms with Crippen molar-refractivity contribution in [1.82, 2.24) is 0 Å². The van der Waals surface area contributed by atoms with Gasteiger partial charge in [0.2, 0.25) is 0 Å². The van der Waals surface area contributed by atoms with Crippen LogP contribution in [0.2, 0.25) is 0 Å². The molecule has 1 heterocycles. The number of hydrogen-bond acceptors (Lipinski definition) is 5. The molecule has 4 atom stereocenters. The number of aliphatic hydroxyl groups excluding tert-OH is 2. The average molecular weight is 222 g/mol. The normalized spacial score (nSPS) is 39.0. The molecular formula is C9H18O4S. The summed E-state index contributed by atoms with van der Waals surface area (Å²) >= 11 is 4.02. The number of thiol groups is 1. The number of rotatable bonds is 2. The third kappa shape index (κ3) is 2.84. The quantitative estimate of drug-likeness (QED) is 0.583. The Labute approximate surface area is 89.6 Å². The molecule has 0 aromatic carbocycles. The molecule has 84 valence electrons. The lowest BCUT2D eigenvalue weighted by Crippen LogP contribution is -2.37.